The first-order valence-corrected chi connectivity index (χ1v) is 9.03. The summed E-state index contributed by atoms with van der Waals surface area (Å²) >= 11 is 1.31. The van der Waals surface area contributed by atoms with Crippen molar-refractivity contribution in [2.45, 2.75) is 17.8 Å². The first kappa shape index (κ1) is 18.4. The average molecular weight is 377 g/mol. The van der Waals surface area contributed by atoms with Crippen LogP contribution in [0.25, 0.3) is 11.3 Å². The highest BCUT2D eigenvalue weighted by Crippen LogP contribution is 2.24. The van der Waals surface area contributed by atoms with Gasteiger partial charge in [-0.1, -0.05) is 53.7 Å². The third kappa shape index (κ3) is 4.25. The second-order valence-corrected chi connectivity index (χ2v) is 6.83. The summed E-state index contributed by atoms with van der Waals surface area (Å²) in [5, 5.41) is 18.7. The molecule has 27 heavy (non-hydrogen) atoms. The molecule has 0 atom stereocenters. The SMILES string of the molecule is Cc1ccc(-c2nc(SCc3ccc(C(=O)O)cc3)[nH]c(=O)c2C#N)cc1. The number of carbonyl (C=O) groups is 1. The number of aromatic amines is 1. The fourth-order valence-electron chi connectivity index (χ4n) is 2.44. The molecule has 3 aromatic rings. The summed E-state index contributed by atoms with van der Waals surface area (Å²) < 4.78 is 0. The second kappa shape index (κ2) is 7.89. The van der Waals surface area contributed by atoms with Crippen LogP contribution in [-0.4, -0.2) is 21.0 Å². The third-order valence-electron chi connectivity index (χ3n) is 3.91. The van der Waals surface area contributed by atoms with E-state index in [1.165, 1.54) is 23.9 Å². The zero-order valence-corrected chi connectivity index (χ0v) is 15.2. The van der Waals surface area contributed by atoms with Crippen LogP contribution in [0.1, 0.15) is 27.0 Å². The van der Waals surface area contributed by atoms with Crippen LogP contribution in [-0.2, 0) is 5.75 Å². The Morgan fingerprint density at radius 1 is 1.19 bits per heavy atom. The minimum atomic E-state index is -0.977. The van der Waals surface area contributed by atoms with Crippen LogP contribution in [0, 0.1) is 18.3 Å². The van der Waals surface area contributed by atoms with E-state index in [9.17, 15) is 14.9 Å². The van der Waals surface area contributed by atoms with Crippen molar-refractivity contribution in [3.63, 3.8) is 0 Å². The van der Waals surface area contributed by atoms with E-state index in [1.807, 2.05) is 37.3 Å². The lowest BCUT2D eigenvalue weighted by atomic mass is 10.1. The quantitative estimate of drug-likeness (QED) is 0.520. The molecule has 0 spiro atoms. The van der Waals surface area contributed by atoms with Gasteiger partial charge in [0, 0.05) is 11.3 Å². The molecule has 0 fully saturated rings. The van der Waals surface area contributed by atoms with Crippen molar-refractivity contribution in [2.75, 3.05) is 0 Å². The maximum absolute atomic E-state index is 12.3. The lowest BCUT2D eigenvalue weighted by Crippen LogP contribution is -2.14. The Hall–Kier alpha value is -3.37. The number of carboxylic acid groups (broad SMARTS) is 1. The molecule has 1 aromatic heterocycles. The minimum Gasteiger partial charge on any atom is -0.478 e. The fourth-order valence-corrected chi connectivity index (χ4v) is 3.26. The summed E-state index contributed by atoms with van der Waals surface area (Å²) in [7, 11) is 0. The standard InChI is InChI=1S/C20H15N3O3S/c1-12-2-6-14(7-3-12)17-16(10-21)18(24)23-20(22-17)27-11-13-4-8-15(9-5-13)19(25)26/h2-9H,11H2,1H3,(H,25,26)(H,22,23,24). The number of H-pyrrole nitrogens is 1. The molecule has 2 aromatic carbocycles. The van der Waals surface area contributed by atoms with Crippen molar-refractivity contribution >= 4 is 17.7 Å². The molecule has 0 radical (unpaired) electrons. The van der Waals surface area contributed by atoms with Crippen LogP contribution in [0.5, 0.6) is 0 Å². The Bertz CT molecular complexity index is 1080. The molecule has 0 aliphatic heterocycles. The van der Waals surface area contributed by atoms with E-state index in [2.05, 4.69) is 9.97 Å². The molecule has 7 heteroatoms. The maximum Gasteiger partial charge on any atom is 0.335 e. The number of aromatic nitrogens is 2. The van der Waals surface area contributed by atoms with E-state index in [-0.39, 0.29) is 11.1 Å². The number of aromatic carboxylic acids is 1. The molecule has 0 aliphatic carbocycles. The van der Waals surface area contributed by atoms with E-state index in [0.29, 0.717) is 22.2 Å². The number of rotatable bonds is 5. The van der Waals surface area contributed by atoms with Gasteiger partial charge in [0.05, 0.1) is 11.3 Å². The van der Waals surface area contributed by atoms with Gasteiger partial charge in [-0.05, 0) is 24.6 Å². The van der Waals surface area contributed by atoms with Gasteiger partial charge in [-0.2, -0.15) is 5.26 Å². The summed E-state index contributed by atoms with van der Waals surface area (Å²) in [4.78, 5) is 30.3. The Labute approximate surface area is 159 Å². The van der Waals surface area contributed by atoms with E-state index < -0.39 is 11.5 Å². The van der Waals surface area contributed by atoms with Crippen molar-refractivity contribution in [1.82, 2.24) is 9.97 Å². The predicted molar refractivity (Wildman–Crippen MR) is 103 cm³/mol. The van der Waals surface area contributed by atoms with Crippen LogP contribution in [0.3, 0.4) is 0 Å². The van der Waals surface area contributed by atoms with Gasteiger partial charge in [0.15, 0.2) is 5.16 Å². The van der Waals surface area contributed by atoms with E-state index in [0.717, 1.165) is 11.1 Å². The van der Waals surface area contributed by atoms with E-state index in [4.69, 9.17) is 5.11 Å². The number of carboxylic acids is 1. The van der Waals surface area contributed by atoms with E-state index >= 15 is 0 Å². The fraction of sp³-hybridized carbons (Fsp3) is 0.100. The van der Waals surface area contributed by atoms with Gasteiger partial charge < -0.3 is 10.1 Å². The minimum absolute atomic E-state index is 0.0194. The van der Waals surface area contributed by atoms with Gasteiger partial charge in [-0.3, -0.25) is 4.79 Å². The molecule has 0 bridgehead atoms. The molecule has 3 rings (SSSR count). The van der Waals surface area contributed by atoms with Crippen LogP contribution in [0.2, 0.25) is 0 Å². The monoisotopic (exact) mass is 377 g/mol. The largest absolute Gasteiger partial charge is 0.478 e. The van der Waals surface area contributed by atoms with Gasteiger partial charge in [-0.25, -0.2) is 9.78 Å². The molecule has 2 N–H and O–H groups in total. The number of benzene rings is 2. The van der Waals surface area contributed by atoms with Crippen molar-refractivity contribution in [3.8, 4) is 17.3 Å². The predicted octanol–water partition coefficient (Wildman–Crippen LogP) is 3.61. The average Bonchev–Trinajstić information content (AvgIpc) is 2.67. The maximum atomic E-state index is 12.3. The molecule has 6 nitrogen and oxygen atoms in total. The van der Waals surface area contributed by atoms with Crippen molar-refractivity contribution < 1.29 is 9.90 Å². The van der Waals surface area contributed by atoms with Gasteiger partial charge in [-0.15, -0.1) is 0 Å². The van der Waals surface area contributed by atoms with Gasteiger partial charge in [0.1, 0.15) is 11.6 Å². The molecule has 1 heterocycles. The number of nitriles is 1. The highest BCUT2D eigenvalue weighted by molar-refractivity contribution is 7.98. The number of nitrogens with one attached hydrogen (secondary N) is 1. The number of nitrogens with zero attached hydrogens (tertiary/aromatic N) is 2. The molecule has 0 amide bonds. The van der Waals surface area contributed by atoms with Crippen molar-refractivity contribution in [2.24, 2.45) is 0 Å². The highest BCUT2D eigenvalue weighted by Gasteiger charge is 2.13. The first-order chi connectivity index (χ1) is 13.0. The topological polar surface area (TPSA) is 107 Å². The van der Waals surface area contributed by atoms with Gasteiger partial charge in [0.2, 0.25) is 0 Å². The molecule has 0 aliphatic rings. The molecule has 0 unspecified atom stereocenters. The third-order valence-corrected chi connectivity index (χ3v) is 4.86. The highest BCUT2D eigenvalue weighted by atomic mass is 32.2. The number of aryl methyl sites for hydroxylation is 1. The normalized spacial score (nSPS) is 10.4. The molecular weight excluding hydrogens is 362 g/mol. The summed E-state index contributed by atoms with van der Waals surface area (Å²) in [5.74, 6) is -0.475. The molecular formula is C20H15N3O3S. The summed E-state index contributed by atoms with van der Waals surface area (Å²) in [6.07, 6.45) is 0. The Morgan fingerprint density at radius 2 is 1.85 bits per heavy atom. The zero-order chi connectivity index (χ0) is 19.4. The van der Waals surface area contributed by atoms with Crippen molar-refractivity contribution in [1.29, 1.82) is 5.26 Å². The second-order valence-electron chi connectivity index (χ2n) is 5.86. The summed E-state index contributed by atoms with van der Waals surface area (Å²) in [5.41, 5.74) is 2.74. The lowest BCUT2D eigenvalue weighted by Gasteiger charge is -2.07. The van der Waals surface area contributed by atoms with Crippen LogP contribution < -0.4 is 5.56 Å². The van der Waals surface area contributed by atoms with Crippen LogP contribution >= 0.6 is 11.8 Å². The Kier molecular flexibility index (Phi) is 5.38. The van der Waals surface area contributed by atoms with Crippen molar-refractivity contribution in [3.05, 3.63) is 81.1 Å². The summed E-state index contributed by atoms with van der Waals surface area (Å²) in [6.45, 7) is 1.96. The zero-order valence-electron chi connectivity index (χ0n) is 14.4. The molecule has 0 saturated carbocycles. The number of thioether (sulfide) groups is 1. The van der Waals surface area contributed by atoms with Crippen LogP contribution in [0.15, 0.2) is 58.5 Å². The number of hydrogen-bond donors (Lipinski definition) is 2. The lowest BCUT2D eigenvalue weighted by molar-refractivity contribution is 0.0697. The summed E-state index contributed by atoms with van der Waals surface area (Å²) in [6, 6.07) is 15.9. The Morgan fingerprint density at radius 3 is 2.44 bits per heavy atom. The molecule has 0 saturated heterocycles. The smallest absolute Gasteiger partial charge is 0.335 e. The molecule has 134 valence electrons. The van der Waals surface area contributed by atoms with Gasteiger partial charge in [0.25, 0.3) is 5.56 Å². The Balaban J connectivity index is 1.88. The van der Waals surface area contributed by atoms with Crippen LogP contribution in [0.4, 0.5) is 0 Å². The first-order valence-electron chi connectivity index (χ1n) is 8.04. The van der Waals surface area contributed by atoms with E-state index in [1.54, 1.807) is 12.1 Å². The van der Waals surface area contributed by atoms with Gasteiger partial charge >= 0.3 is 5.97 Å². The number of hydrogen-bond acceptors (Lipinski definition) is 5.